The molecule has 0 bridgehead atoms. The second-order valence-corrected chi connectivity index (χ2v) is 4.66. The predicted octanol–water partition coefficient (Wildman–Crippen LogP) is 3.70. The maximum atomic E-state index is 13.5. The van der Waals surface area contributed by atoms with Crippen molar-refractivity contribution in [3.63, 3.8) is 0 Å². The smallest absolute Gasteiger partial charge is 0.432 e. The molecular weight excluding hydrogens is 285 g/mol. The molecule has 0 aromatic heterocycles. The second kappa shape index (κ2) is 5.79. The molecule has 1 fully saturated rings. The molecule has 114 valence electrons. The highest BCUT2D eigenvalue weighted by Gasteiger charge is 2.61. The topological polar surface area (TPSA) is 35.5 Å². The van der Waals surface area contributed by atoms with E-state index in [4.69, 9.17) is 4.74 Å². The number of rotatable bonds is 3. The van der Waals surface area contributed by atoms with Crippen LogP contribution in [0.3, 0.4) is 0 Å². The Morgan fingerprint density at radius 2 is 2.05 bits per heavy atom. The lowest BCUT2D eigenvalue weighted by atomic mass is 9.90. The molecule has 1 aromatic carbocycles. The molecule has 1 saturated heterocycles. The van der Waals surface area contributed by atoms with E-state index in [1.807, 2.05) is 0 Å². The maximum Gasteiger partial charge on any atom is 0.432 e. The first kappa shape index (κ1) is 15.4. The third kappa shape index (κ3) is 3.04. The van der Waals surface area contributed by atoms with E-state index >= 15 is 0 Å². The second-order valence-electron chi connectivity index (χ2n) is 4.66. The normalized spacial score (nSPS) is 23.9. The Hall–Kier alpha value is -1.98. The Morgan fingerprint density at radius 1 is 1.38 bits per heavy atom. The van der Waals surface area contributed by atoms with Crippen molar-refractivity contribution in [2.24, 2.45) is 0 Å². The summed E-state index contributed by atoms with van der Waals surface area (Å²) in [6, 6.07) is 7.44. The lowest BCUT2D eigenvalue weighted by Crippen LogP contribution is -2.41. The van der Waals surface area contributed by atoms with Crippen LogP contribution >= 0.6 is 0 Å². The summed E-state index contributed by atoms with van der Waals surface area (Å²) in [5, 5.41) is 0. The first-order chi connectivity index (χ1) is 9.89. The number of allylic oxidation sites excluding steroid dienone is 1. The largest absolute Gasteiger partial charge is 0.477 e. The van der Waals surface area contributed by atoms with E-state index in [1.165, 1.54) is 24.3 Å². The molecule has 0 aliphatic carbocycles. The molecule has 3 nitrogen and oxygen atoms in total. The van der Waals surface area contributed by atoms with Gasteiger partial charge in [0, 0.05) is 18.4 Å². The number of carbonyl (C=O) groups excluding carboxylic acids is 1. The van der Waals surface area contributed by atoms with Gasteiger partial charge in [0.15, 0.2) is 0 Å². The van der Waals surface area contributed by atoms with Crippen molar-refractivity contribution in [3.05, 3.63) is 47.7 Å². The maximum absolute atomic E-state index is 13.5. The lowest BCUT2D eigenvalue weighted by Gasteiger charge is -2.31. The van der Waals surface area contributed by atoms with Gasteiger partial charge < -0.3 is 9.47 Å². The molecule has 1 aliphatic heterocycles. The highest BCUT2D eigenvalue weighted by atomic mass is 19.4. The summed E-state index contributed by atoms with van der Waals surface area (Å²) in [6.07, 6.45) is -3.81. The summed E-state index contributed by atoms with van der Waals surface area (Å²) in [7, 11) is 0. The van der Waals surface area contributed by atoms with E-state index in [1.54, 1.807) is 13.0 Å². The van der Waals surface area contributed by atoms with Gasteiger partial charge in [-0.3, -0.25) is 0 Å². The molecule has 1 aromatic rings. The Bertz CT molecular complexity index is 537. The third-order valence-electron chi connectivity index (χ3n) is 3.29. The van der Waals surface area contributed by atoms with Crippen LogP contribution < -0.4 is 0 Å². The Labute approximate surface area is 120 Å². The number of hydrogen-bond acceptors (Lipinski definition) is 3. The number of halogens is 3. The van der Waals surface area contributed by atoms with Crippen molar-refractivity contribution in [2.75, 3.05) is 6.61 Å². The van der Waals surface area contributed by atoms with Crippen LogP contribution in [0, 0.1) is 0 Å². The molecule has 0 amide bonds. The molecule has 0 saturated carbocycles. The van der Waals surface area contributed by atoms with Crippen molar-refractivity contribution in [2.45, 2.75) is 31.5 Å². The van der Waals surface area contributed by atoms with Gasteiger partial charge in [-0.1, -0.05) is 30.3 Å². The first-order valence-electron chi connectivity index (χ1n) is 6.57. The lowest BCUT2D eigenvalue weighted by molar-refractivity contribution is -0.261. The summed E-state index contributed by atoms with van der Waals surface area (Å²) >= 11 is 0. The Morgan fingerprint density at radius 3 is 2.62 bits per heavy atom. The molecule has 1 aliphatic rings. The monoisotopic (exact) mass is 300 g/mol. The Kier molecular flexibility index (Phi) is 4.25. The Balaban J connectivity index is 2.32. The number of ether oxygens (including phenoxy) is 2. The molecule has 6 heteroatoms. The fraction of sp³-hybridized carbons (Fsp3) is 0.400. The molecule has 1 heterocycles. The van der Waals surface area contributed by atoms with E-state index in [0.29, 0.717) is 0 Å². The minimum absolute atomic E-state index is 0.00497. The van der Waals surface area contributed by atoms with Crippen LogP contribution in [-0.4, -0.2) is 18.8 Å². The van der Waals surface area contributed by atoms with E-state index in [-0.39, 0.29) is 30.8 Å². The number of carbonyl (C=O) groups is 1. The van der Waals surface area contributed by atoms with Crippen LogP contribution in [0.2, 0.25) is 0 Å². The molecule has 0 radical (unpaired) electrons. The summed E-state index contributed by atoms with van der Waals surface area (Å²) in [5.74, 6) is -0.701. The van der Waals surface area contributed by atoms with Crippen molar-refractivity contribution >= 4 is 5.97 Å². The van der Waals surface area contributed by atoms with Crippen LogP contribution in [-0.2, 0) is 19.9 Å². The van der Waals surface area contributed by atoms with Crippen LogP contribution in [0.15, 0.2) is 42.2 Å². The summed E-state index contributed by atoms with van der Waals surface area (Å²) < 4.78 is 50.3. The molecular formula is C15H15F3O3. The SMILES string of the molecule is CCOC(=O)/C=C1/CCC(c2ccccc2)(C(F)(F)F)O1. The van der Waals surface area contributed by atoms with E-state index in [0.717, 1.165) is 6.08 Å². The minimum atomic E-state index is -4.57. The molecule has 1 atom stereocenters. The van der Waals surface area contributed by atoms with Crippen molar-refractivity contribution in [1.29, 1.82) is 0 Å². The van der Waals surface area contributed by atoms with E-state index in [2.05, 4.69) is 4.74 Å². The van der Waals surface area contributed by atoms with Gasteiger partial charge in [0.2, 0.25) is 5.60 Å². The number of hydrogen-bond donors (Lipinski definition) is 0. The van der Waals surface area contributed by atoms with Crippen LogP contribution in [0.1, 0.15) is 25.3 Å². The molecule has 0 spiro atoms. The van der Waals surface area contributed by atoms with Crippen molar-refractivity contribution in [3.8, 4) is 0 Å². The zero-order valence-corrected chi connectivity index (χ0v) is 11.4. The van der Waals surface area contributed by atoms with Crippen LogP contribution in [0.4, 0.5) is 13.2 Å². The number of esters is 1. The summed E-state index contributed by atoms with van der Waals surface area (Å²) in [5.41, 5.74) is -2.36. The molecule has 1 unspecified atom stereocenters. The van der Waals surface area contributed by atoms with Gasteiger partial charge in [-0.05, 0) is 6.92 Å². The average molecular weight is 300 g/mol. The van der Waals surface area contributed by atoms with Gasteiger partial charge in [-0.25, -0.2) is 4.79 Å². The van der Waals surface area contributed by atoms with Gasteiger partial charge in [-0.2, -0.15) is 13.2 Å². The van der Waals surface area contributed by atoms with Crippen LogP contribution in [0.5, 0.6) is 0 Å². The standard InChI is InChI=1S/C15H15F3O3/c1-2-20-13(19)10-12-8-9-14(21-12,15(16,17)18)11-6-4-3-5-7-11/h3-7,10H,2,8-9H2,1H3/b12-10-. The minimum Gasteiger partial charge on any atom is -0.477 e. The van der Waals surface area contributed by atoms with E-state index in [9.17, 15) is 18.0 Å². The van der Waals surface area contributed by atoms with Gasteiger partial charge in [-0.15, -0.1) is 0 Å². The fourth-order valence-corrected chi connectivity index (χ4v) is 2.32. The van der Waals surface area contributed by atoms with Gasteiger partial charge in [0.1, 0.15) is 5.76 Å². The molecule has 2 rings (SSSR count). The molecule has 0 N–H and O–H groups in total. The van der Waals surface area contributed by atoms with Crippen molar-refractivity contribution < 1.29 is 27.4 Å². The van der Waals surface area contributed by atoms with Gasteiger partial charge in [0.25, 0.3) is 0 Å². The van der Waals surface area contributed by atoms with E-state index < -0.39 is 17.7 Å². The summed E-state index contributed by atoms with van der Waals surface area (Å²) in [6.45, 7) is 1.78. The zero-order chi connectivity index (χ0) is 15.5. The predicted molar refractivity (Wildman–Crippen MR) is 69.2 cm³/mol. The van der Waals surface area contributed by atoms with Crippen LogP contribution in [0.25, 0.3) is 0 Å². The number of alkyl halides is 3. The average Bonchev–Trinajstić information content (AvgIpc) is 2.85. The highest BCUT2D eigenvalue weighted by Crippen LogP contribution is 2.51. The van der Waals surface area contributed by atoms with Gasteiger partial charge in [0.05, 0.1) is 12.7 Å². The highest BCUT2D eigenvalue weighted by molar-refractivity contribution is 5.82. The fourth-order valence-electron chi connectivity index (χ4n) is 2.32. The van der Waals surface area contributed by atoms with Gasteiger partial charge >= 0.3 is 12.1 Å². The number of benzene rings is 1. The van der Waals surface area contributed by atoms with Crippen molar-refractivity contribution in [1.82, 2.24) is 0 Å². The summed E-state index contributed by atoms with van der Waals surface area (Å²) in [4.78, 5) is 11.3. The zero-order valence-electron chi connectivity index (χ0n) is 11.4. The molecule has 21 heavy (non-hydrogen) atoms. The third-order valence-corrected chi connectivity index (χ3v) is 3.29. The quantitative estimate of drug-likeness (QED) is 0.630. The first-order valence-corrected chi connectivity index (χ1v) is 6.57.